The van der Waals surface area contributed by atoms with E-state index in [2.05, 4.69) is 107 Å². The molecule has 5 rings (SSSR count). The average molecular weight is 308 g/mol. The minimum absolute atomic E-state index is 1.18. The molecule has 0 aliphatic heterocycles. The predicted octanol–water partition coefficient (Wildman–Crippen LogP) is 5.57. The highest BCUT2D eigenvalue weighted by atomic mass is 15.0. The normalized spacial score (nSPS) is 11.3. The van der Waals surface area contributed by atoms with E-state index < -0.39 is 0 Å². The third-order valence-corrected chi connectivity index (χ3v) is 4.58. The van der Waals surface area contributed by atoms with Crippen LogP contribution in [0.25, 0.3) is 33.1 Å². The van der Waals surface area contributed by atoms with Crippen LogP contribution in [-0.2, 0) is 0 Å². The SMILES string of the molecule is c1ccc2cc(-n3cc(-n4cccc4)c4ccccc43)ccc2c1. The van der Waals surface area contributed by atoms with Crippen molar-refractivity contribution in [3.63, 3.8) is 0 Å². The van der Waals surface area contributed by atoms with Gasteiger partial charge in [0.05, 0.1) is 11.2 Å². The molecule has 0 N–H and O–H groups in total. The second-order valence-electron chi connectivity index (χ2n) is 6.02. The number of hydrogen-bond acceptors (Lipinski definition) is 0. The molecule has 0 spiro atoms. The van der Waals surface area contributed by atoms with Crippen LogP contribution in [0.3, 0.4) is 0 Å². The molecule has 0 aliphatic rings. The number of hydrogen-bond donors (Lipinski definition) is 0. The van der Waals surface area contributed by atoms with Gasteiger partial charge in [-0.3, -0.25) is 0 Å². The monoisotopic (exact) mass is 308 g/mol. The van der Waals surface area contributed by atoms with Gasteiger partial charge in [0.1, 0.15) is 0 Å². The number of aromatic nitrogens is 2. The molecule has 5 aromatic rings. The van der Waals surface area contributed by atoms with Crippen molar-refractivity contribution in [2.45, 2.75) is 0 Å². The lowest BCUT2D eigenvalue weighted by Crippen LogP contribution is -1.92. The summed E-state index contributed by atoms with van der Waals surface area (Å²) >= 11 is 0. The van der Waals surface area contributed by atoms with Crippen LogP contribution < -0.4 is 0 Å². The second kappa shape index (κ2) is 5.14. The summed E-state index contributed by atoms with van der Waals surface area (Å²) in [5.74, 6) is 0. The fourth-order valence-corrected chi connectivity index (χ4v) is 3.40. The first-order valence-corrected chi connectivity index (χ1v) is 8.13. The topological polar surface area (TPSA) is 9.86 Å². The van der Waals surface area contributed by atoms with Gasteiger partial charge in [0, 0.05) is 29.7 Å². The number of benzene rings is 3. The van der Waals surface area contributed by atoms with Crippen molar-refractivity contribution in [2.24, 2.45) is 0 Å². The van der Waals surface area contributed by atoms with E-state index in [0.29, 0.717) is 0 Å². The van der Waals surface area contributed by atoms with E-state index in [1.54, 1.807) is 0 Å². The molecule has 114 valence electrons. The first-order chi connectivity index (χ1) is 11.9. The molecule has 0 unspecified atom stereocenters. The highest BCUT2D eigenvalue weighted by Crippen LogP contribution is 2.29. The van der Waals surface area contributed by atoms with Gasteiger partial charge in [0.15, 0.2) is 0 Å². The summed E-state index contributed by atoms with van der Waals surface area (Å²) < 4.78 is 4.44. The molecule has 0 bridgehead atoms. The van der Waals surface area contributed by atoms with Crippen LogP contribution in [0.5, 0.6) is 0 Å². The van der Waals surface area contributed by atoms with E-state index in [9.17, 15) is 0 Å². The Kier molecular flexibility index (Phi) is 2.83. The molecule has 0 saturated carbocycles. The molecule has 2 heterocycles. The zero-order chi connectivity index (χ0) is 15.9. The average Bonchev–Trinajstić information content (AvgIpc) is 3.29. The Bertz CT molecular complexity index is 1150. The maximum atomic E-state index is 2.27. The molecule has 0 amide bonds. The Labute approximate surface area is 140 Å². The smallest absolute Gasteiger partial charge is 0.0711 e. The molecule has 0 atom stereocenters. The van der Waals surface area contributed by atoms with E-state index in [1.807, 2.05) is 0 Å². The number of nitrogens with zero attached hydrogens (tertiary/aromatic N) is 2. The molecule has 2 aromatic heterocycles. The number of rotatable bonds is 2. The third kappa shape index (κ3) is 1.97. The van der Waals surface area contributed by atoms with Crippen molar-refractivity contribution in [2.75, 3.05) is 0 Å². The van der Waals surface area contributed by atoms with E-state index in [1.165, 1.54) is 33.1 Å². The van der Waals surface area contributed by atoms with Crippen LogP contribution in [-0.4, -0.2) is 9.13 Å². The van der Waals surface area contributed by atoms with Crippen molar-refractivity contribution < 1.29 is 0 Å². The van der Waals surface area contributed by atoms with Gasteiger partial charge in [-0.25, -0.2) is 0 Å². The molecule has 0 aliphatic carbocycles. The van der Waals surface area contributed by atoms with Crippen LogP contribution >= 0.6 is 0 Å². The van der Waals surface area contributed by atoms with Gasteiger partial charge < -0.3 is 9.13 Å². The van der Waals surface area contributed by atoms with Gasteiger partial charge >= 0.3 is 0 Å². The van der Waals surface area contributed by atoms with Crippen molar-refractivity contribution in [3.05, 3.63) is 97.5 Å². The highest BCUT2D eigenvalue weighted by molar-refractivity contribution is 5.91. The van der Waals surface area contributed by atoms with Gasteiger partial charge in [-0.1, -0.05) is 48.5 Å². The van der Waals surface area contributed by atoms with Crippen molar-refractivity contribution >= 4 is 21.7 Å². The number of fused-ring (bicyclic) bond motifs is 2. The Morgan fingerprint density at radius 1 is 0.625 bits per heavy atom. The zero-order valence-electron chi connectivity index (χ0n) is 13.1. The van der Waals surface area contributed by atoms with Gasteiger partial charge in [-0.05, 0) is 41.1 Å². The molecule has 0 fully saturated rings. The van der Waals surface area contributed by atoms with E-state index in [4.69, 9.17) is 0 Å². The first-order valence-electron chi connectivity index (χ1n) is 8.13. The minimum Gasteiger partial charge on any atom is -0.322 e. The Balaban J connectivity index is 1.79. The maximum absolute atomic E-state index is 2.27. The molecule has 3 aromatic carbocycles. The van der Waals surface area contributed by atoms with Crippen molar-refractivity contribution in [3.8, 4) is 11.4 Å². The molecule has 0 radical (unpaired) electrons. The van der Waals surface area contributed by atoms with E-state index in [0.717, 1.165) is 0 Å². The summed E-state index contributed by atoms with van der Waals surface area (Å²) in [5.41, 5.74) is 3.60. The molecular weight excluding hydrogens is 292 g/mol. The largest absolute Gasteiger partial charge is 0.322 e. The van der Waals surface area contributed by atoms with Gasteiger partial charge in [-0.2, -0.15) is 0 Å². The lowest BCUT2D eigenvalue weighted by Gasteiger charge is -2.07. The molecule has 2 nitrogen and oxygen atoms in total. The summed E-state index contributed by atoms with van der Waals surface area (Å²) in [6, 6.07) is 27.8. The summed E-state index contributed by atoms with van der Waals surface area (Å²) in [4.78, 5) is 0. The molecule has 0 saturated heterocycles. The summed E-state index contributed by atoms with van der Waals surface area (Å²) in [7, 11) is 0. The summed E-state index contributed by atoms with van der Waals surface area (Å²) in [6.45, 7) is 0. The minimum atomic E-state index is 1.18. The Morgan fingerprint density at radius 2 is 1.38 bits per heavy atom. The predicted molar refractivity (Wildman–Crippen MR) is 100 cm³/mol. The lowest BCUT2D eigenvalue weighted by atomic mass is 10.1. The third-order valence-electron chi connectivity index (χ3n) is 4.58. The Morgan fingerprint density at radius 3 is 2.25 bits per heavy atom. The molecule has 2 heteroatoms. The van der Waals surface area contributed by atoms with Crippen LogP contribution in [0.1, 0.15) is 0 Å². The summed E-state index contributed by atoms with van der Waals surface area (Å²) in [6.07, 6.45) is 6.40. The van der Waals surface area contributed by atoms with Crippen molar-refractivity contribution in [1.82, 2.24) is 9.13 Å². The lowest BCUT2D eigenvalue weighted by molar-refractivity contribution is 1.06. The maximum Gasteiger partial charge on any atom is 0.0711 e. The fourth-order valence-electron chi connectivity index (χ4n) is 3.40. The number of para-hydroxylation sites is 1. The standard InChI is InChI=1S/C22H16N2/c1-2-8-18-15-19(12-11-17(18)7-1)24-16-22(23-13-5-6-14-23)20-9-3-4-10-21(20)24/h1-16H. The summed E-state index contributed by atoms with van der Waals surface area (Å²) in [5, 5.41) is 3.78. The highest BCUT2D eigenvalue weighted by Gasteiger charge is 2.10. The van der Waals surface area contributed by atoms with Gasteiger partial charge in [0.2, 0.25) is 0 Å². The zero-order valence-corrected chi connectivity index (χ0v) is 13.1. The molecular formula is C22H16N2. The Hall–Kier alpha value is -3.26. The van der Waals surface area contributed by atoms with Crippen LogP contribution in [0.4, 0.5) is 0 Å². The van der Waals surface area contributed by atoms with Crippen molar-refractivity contribution in [1.29, 1.82) is 0 Å². The van der Waals surface area contributed by atoms with Gasteiger partial charge in [0.25, 0.3) is 0 Å². The van der Waals surface area contributed by atoms with Crippen LogP contribution in [0.2, 0.25) is 0 Å². The van der Waals surface area contributed by atoms with Gasteiger partial charge in [-0.15, -0.1) is 0 Å². The van der Waals surface area contributed by atoms with E-state index in [-0.39, 0.29) is 0 Å². The first kappa shape index (κ1) is 13.2. The molecule has 24 heavy (non-hydrogen) atoms. The van der Waals surface area contributed by atoms with Crippen LogP contribution in [0, 0.1) is 0 Å². The van der Waals surface area contributed by atoms with E-state index >= 15 is 0 Å². The quantitative estimate of drug-likeness (QED) is 0.403. The fraction of sp³-hybridized carbons (Fsp3) is 0. The van der Waals surface area contributed by atoms with Crippen LogP contribution in [0.15, 0.2) is 97.5 Å². The second-order valence-corrected chi connectivity index (χ2v) is 6.02.